The van der Waals surface area contributed by atoms with E-state index in [0.717, 1.165) is 32.2 Å². The highest BCUT2D eigenvalue weighted by Crippen LogP contribution is 2.13. The average molecular weight is 143 g/mol. The predicted molar refractivity (Wildman–Crippen MR) is 37.5 cm³/mol. The molecule has 0 spiro atoms. The van der Waals surface area contributed by atoms with Crippen LogP contribution in [0.15, 0.2) is 0 Å². The monoisotopic (exact) mass is 143 g/mol. The lowest BCUT2D eigenvalue weighted by molar-refractivity contribution is -0.122. The average Bonchev–Trinajstić information content (AvgIpc) is 2.04. The standard InChI is InChI=1S/C7H13NO2/c9-5-7-3-1-2-4-8(7)6-10/h6-7,9H,1-5H2. The van der Waals surface area contributed by atoms with Crippen LogP contribution in [0.2, 0.25) is 0 Å². The quantitative estimate of drug-likeness (QED) is 0.552. The summed E-state index contributed by atoms with van der Waals surface area (Å²) in [6.07, 6.45) is 4.00. The number of rotatable bonds is 2. The summed E-state index contributed by atoms with van der Waals surface area (Å²) in [5, 5.41) is 8.79. The summed E-state index contributed by atoms with van der Waals surface area (Å²) >= 11 is 0. The van der Waals surface area contributed by atoms with Gasteiger partial charge in [-0.05, 0) is 19.3 Å². The summed E-state index contributed by atoms with van der Waals surface area (Å²) in [4.78, 5) is 12.0. The minimum absolute atomic E-state index is 0.0891. The molecule has 1 rings (SSSR count). The van der Waals surface area contributed by atoms with Crippen LogP contribution in [0.3, 0.4) is 0 Å². The van der Waals surface area contributed by atoms with Crippen LogP contribution >= 0.6 is 0 Å². The molecule has 1 aliphatic heterocycles. The largest absolute Gasteiger partial charge is 0.394 e. The first-order valence-electron chi connectivity index (χ1n) is 3.70. The predicted octanol–water partition coefficient (Wildman–Crippen LogP) is -0.0104. The molecule has 1 aliphatic rings. The number of piperidine rings is 1. The Bertz CT molecular complexity index is 116. The number of carbonyl (C=O) groups is 1. The summed E-state index contributed by atoms with van der Waals surface area (Å²) in [5.41, 5.74) is 0. The summed E-state index contributed by atoms with van der Waals surface area (Å²) in [6, 6.07) is 0.0891. The Kier molecular flexibility index (Phi) is 2.68. The highest BCUT2D eigenvalue weighted by molar-refractivity contribution is 5.47. The van der Waals surface area contributed by atoms with Gasteiger partial charge in [-0.25, -0.2) is 0 Å². The zero-order chi connectivity index (χ0) is 7.40. The van der Waals surface area contributed by atoms with Gasteiger partial charge in [-0.3, -0.25) is 4.79 Å². The number of hydrogen-bond donors (Lipinski definition) is 1. The van der Waals surface area contributed by atoms with E-state index in [1.54, 1.807) is 4.90 Å². The van der Waals surface area contributed by atoms with Gasteiger partial charge in [0.25, 0.3) is 0 Å². The molecule has 58 valence electrons. The number of amides is 1. The summed E-state index contributed by atoms with van der Waals surface area (Å²) < 4.78 is 0. The molecule has 0 bridgehead atoms. The Morgan fingerprint density at radius 3 is 2.90 bits per heavy atom. The summed E-state index contributed by atoms with van der Waals surface area (Å²) in [6.45, 7) is 0.924. The molecule has 1 N–H and O–H groups in total. The van der Waals surface area contributed by atoms with Gasteiger partial charge in [-0.15, -0.1) is 0 Å². The third-order valence-corrected chi connectivity index (χ3v) is 2.02. The van der Waals surface area contributed by atoms with E-state index in [2.05, 4.69) is 0 Å². The number of likely N-dealkylation sites (tertiary alicyclic amines) is 1. The van der Waals surface area contributed by atoms with Crippen LogP contribution in [0, 0.1) is 0 Å². The molecule has 1 atom stereocenters. The maximum atomic E-state index is 10.3. The van der Waals surface area contributed by atoms with Crippen molar-refractivity contribution in [3.63, 3.8) is 0 Å². The molecular formula is C7H13NO2. The van der Waals surface area contributed by atoms with Gasteiger partial charge in [0.1, 0.15) is 0 Å². The van der Waals surface area contributed by atoms with Crippen molar-refractivity contribution in [3.05, 3.63) is 0 Å². The highest BCUT2D eigenvalue weighted by Gasteiger charge is 2.18. The SMILES string of the molecule is O=CN1CCCCC1CO. The molecule has 3 nitrogen and oxygen atoms in total. The second-order valence-corrected chi connectivity index (χ2v) is 2.68. The maximum Gasteiger partial charge on any atom is 0.210 e. The first-order chi connectivity index (χ1) is 4.88. The maximum absolute atomic E-state index is 10.3. The molecule has 1 heterocycles. The molecule has 1 unspecified atom stereocenters. The van der Waals surface area contributed by atoms with Gasteiger partial charge in [-0.1, -0.05) is 0 Å². The van der Waals surface area contributed by atoms with Crippen molar-refractivity contribution in [2.75, 3.05) is 13.2 Å². The fourth-order valence-electron chi connectivity index (χ4n) is 1.36. The lowest BCUT2D eigenvalue weighted by Gasteiger charge is -2.30. The number of aliphatic hydroxyl groups is 1. The fourth-order valence-corrected chi connectivity index (χ4v) is 1.36. The van der Waals surface area contributed by atoms with E-state index < -0.39 is 0 Å². The van der Waals surface area contributed by atoms with Crippen molar-refractivity contribution in [1.29, 1.82) is 0 Å². The third-order valence-electron chi connectivity index (χ3n) is 2.02. The van der Waals surface area contributed by atoms with Crippen molar-refractivity contribution in [2.24, 2.45) is 0 Å². The van der Waals surface area contributed by atoms with Crippen molar-refractivity contribution < 1.29 is 9.90 Å². The van der Waals surface area contributed by atoms with Gasteiger partial charge in [0.15, 0.2) is 0 Å². The van der Waals surface area contributed by atoms with Gasteiger partial charge in [0.2, 0.25) is 6.41 Å². The Balaban J connectivity index is 2.41. The minimum atomic E-state index is 0.0891. The lowest BCUT2D eigenvalue weighted by atomic mass is 10.0. The van der Waals surface area contributed by atoms with Crippen LogP contribution < -0.4 is 0 Å². The number of nitrogens with zero attached hydrogens (tertiary/aromatic N) is 1. The summed E-state index contributed by atoms with van der Waals surface area (Å²) in [5.74, 6) is 0. The van der Waals surface area contributed by atoms with Crippen molar-refractivity contribution in [2.45, 2.75) is 25.3 Å². The summed E-state index contributed by atoms with van der Waals surface area (Å²) in [7, 11) is 0. The van der Waals surface area contributed by atoms with Crippen LogP contribution in [0.5, 0.6) is 0 Å². The van der Waals surface area contributed by atoms with Crippen LogP contribution in [0.1, 0.15) is 19.3 Å². The molecular weight excluding hydrogens is 130 g/mol. The Morgan fingerprint density at radius 1 is 1.60 bits per heavy atom. The molecule has 1 fully saturated rings. The van der Waals surface area contributed by atoms with E-state index in [-0.39, 0.29) is 12.6 Å². The van der Waals surface area contributed by atoms with Crippen molar-refractivity contribution in [1.82, 2.24) is 4.90 Å². The number of carbonyl (C=O) groups excluding carboxylic acids is 1. The normalized spacial score (nSPS) is 26.5. The van der Waals surface area contributed by atoms with E-state index in [1.807, 2.05) is 0 Å². The Hall–Kier alpha value is -0.570. The zero-order valence-electron chi connectivity index (χ0n) is 5.99. The smallest absolute Gasteiger partial charge is 0.210 e. The molecule has 1 amide bonds. The zero-order valence-corrected chi connectivity index (χ0v) is 5.99. The van der Waals surface area contributed by atoms with Crippen LogP contribution in [-0.4, -0.2) is 35.6 Å². The number of hydrogen-bond acceptors (Lipinski definition) is 2. The molecule has 0 aromatic carbocycles. The molecule has 10 heavy (non-hydrogen) atoms. The molecule has 0 aromatic heterocycles. The molecule has 0 saturated carbocycles. The first-order valence-corrected chi connectivity index (χ1v) is 3.70. The van der Waals surface area contributed by atoms with Gasteiger partial charge >= 0.3 is 0 Å². The molecule has 3 heteroatoms. The molecule has 0 aliphatic carbocycles. The van der Waals surface area contributed by atoms with Gasteiger partial charge in [0.05, 0.1) is 12.6 Å². The van der Waals surface area contributed by atoms with Crippen LogP contribution in [0.4, 0.5) is 0 Å². The third kappa shape index (κ3) is 1.48. The van der Waals surface area contributed by atoms with E-state index in [0.29, 0.717) is 0 Å². The Labute approximate surface area is 60.6 Å². The molecule has 0 radical (unpaired) electrons. The fraction of sp³-hybridized carbons (Fsp3) is 0.857. The number of aliphatic hydroxyl groups excluding tert-OH is 1. The second-order valence-electron chi connectivity index (χ2n) is 2.68. The highest BCUT2D eigenvalue weighted by atomic mass is 16.3. The Morgan fingerprint density at radius 2 is 2.40 bits per heavy atom. The molecule has 0 aromatic rings. The van der Waals surface area contributed by atoms with Crippen LogP contribution in [-0.2, 0) is 4.79 Å². The van der Waals surface area contributed by atoms with Crippen LogP contribution in [0.25, 0.3) is 0 Å². The minimum Gasteiger partial charge on any atom is -0.394 e. The topological polar surface area (TPSA) is 40.5 Å². The van der Waals surface area contributed by atoms with Crippen molar-refractivity contribution in [3.8, 4) is 0 Å². The van der Waals surface area contributed by atoms with Gasteiger partial charge in [-0.2, -0.15) is 0 Å². The second kappa shape index (κ2) is 3.56. The van der Waals surface area contributed by atoms with E-state index in [1.165, 1.54) is 0 Å². The van der Waals surface area contributed by atoms with Gasteiger partial charge < -0.3 is 10.0 Å². The van der Waals surface area contributed by atoms with E-state index >= 15 is 0 Å². The van der Waals surface area contributed by atoms with Crippen molar-refractivity contribution >= 4 is 6.41 Å². The van der Waals surface area contributed by atoms with Gasteiger partial charge in [0, 0.05) is 6.54 Å². The molecule has 1 saturated heterocycles. The van der Waals surface area contributed by atoms with E-state index in [9.17, 15) is 4.79 Å². The first kappa shape index (κ1) is 7.54. The van der Waals surface area contributed by atoms with E-state index in [4.69, 9.17) is 5.11 Å². The lowest BCUT2D eigenvalue weighted by Crippen LogP contribution is -2.40.